The highest BCUT2D eigenvalue weighted by molar-refractivity contribution is 6.16. The summed E-state index contributed by atoms with van der Waals surface area (Å²) < 4.78 is 6.75. The number of imidazole rings is 1. The summed E-state index contributed by atoms with van der Waals surface area (Å²) in [5.74, 6) is 0.936. The van der Waals surface area contributed by atoms with E-state index in [-0.39, 0.29) is 18.3 Å². The number of likely N-dealkylation sites (N-methyl/N-ethyl adjacent to an activating group) is 1. The SMILES string of the molecule is CNC(=O)Cn1c(CCl)nc2c(OC)ncnc21. The summed E-state index contributed by atoms with van der Waals surface area (Å²) in [6, 6.07) is 0. The Labute approximate surface area is 108 Å². The number of ether oxygens (including phenoxy) is 1. The molecule has 0 saturated heterocycles. The Morgan fingerprint density at radius 1 is 1.56 bits per heavy atom. The van der Waals surface area contributed by atoms with E-state index in [0.29, 0.717) is 22.9 Å². The number of rotatable bonds is 4. The Morgan fingerprint density at radius 2 is 2.33 bits per heavy atom. The zero-order valence-electron chi connectivity index (χ0n) is 9.97. The number of amides is 1. The van der Waals surface area contributed by atoms with Gasteiger partial charge in [-0.15, -0.1) is 11.6 Å². The zero-order chi connectivity index (χ0) is 13.1. The zero-order valence-corrected chi connectivity index (χ0v) is 10.7. The molecule has 0 atom stereocenters. The van der Waals surface area contributed by atoms with Crippen molar-refractivity contribution in [3.05, 3.63) is 12.2 Å². The van der Waals surface area contributed by atoms with Crippen molar-refractivity contribution >= 4 is 28.7 Å². The first-order valence-electron chi connectivity index (χ1n) is 5.22. The molecule has 7 nitrogen and oxygen atoms in total. The van der Waals surface area contributed by atoms with Crippen LogP contribution in [0, 0.1) is 0 Å². The number of alkyl halides is 1. The fourth-order valence-corrected chi connectivity index (χ4v) is 1.81. The van der Waals surface area contributed by atoms with Crippen molar-refractivity contribution in [2.75, 3.05) is 14.2 Å². The molecule has 0 fully saturated rings. The van der Waals surface area contributed by atoms with Gasteiger partial charge in [0.2, 0.25) is 11.8 Å². The predicted molar refractivity (Wildman–Crippen MR) is 65.5 cm³/mol. The van der Waals surface area contributed by atoms with Crippen molar-refractivity contribution in [3.63, 3.8) is 0 Å². The largest absolute Gasteiger partial charge is 0.479 e. The van der Waals surface area contributed by atoms with Crippen LogP contribution < -0.4 is 10.1 Å². The van der Waals surface area contributed by atoms with Gasteiger partial charge in [-0.1, -0.05) is 0 Å². The van der Waals surface area contributed by atoms with E-state index in [1.165, 1.54) is 13.4 Å². The summed E-state index contributed by atoms with van der Waals surface area (Å²) in [7, 11) is 3.07. The molecule has 2 rings (SSSR count). The van der Waals surface area contributed by atoms with E-state index in [9.17, 15) is 4.79 Å². The van der Waals surface area contributed by atoms with E-state index in [4.69, 9.17) is 16.3 Å². The number of nitrogens with zero attached hydrogens (tertiary/aromatic N) is 4. The van der Waals surface area contributed by atoms with Crippen molar-refractivity contribution in [2.45, 2.75) is 12.4 Å². The minimum absolute atomic E-state index is 0.106. The van der Waals surface area contributed by atoms with Crippen molar-refractivity contribution < 1.29 is 9.53 Å². The van der Waals surface area contributed by atoms with E-state index in [1.807, 2.05) is 0 Å². The van der Waals surface area contributed by atoms with Gasteiger partial charge in [0.05, 0.1) is 13.0 Å². The Kier molecular flexibility index (Phi) is 3.61. The number of carbonyl (C=O) groups excluding carboxylic acids is 1. The maximum Gasteiger partial charge on any atom is 0.245 e. The first-order valence-corrected chi connectivity index (χ1v) is 5.75. The summed E-state index contributed by atoms with van der Waals surface area (Å²) in [6.45, 7) is 0.106. The monoisotopic (exact) mass is 269 g/mol. The number of carbonyl (C=O) groups is 1. The first kappa shape index (κ1) is 12.6. The smallest absolute Gasteiger partial charge is 0.245 e. The molecule has 0 saturated carbocycles. The van der Waals surface area contributed by atoms with Crippen LogP contribution in [0.3, 0.4) is 0 Å². The third-order valence-corrected chi connectivity index (χ3v) is 2.71. The number of halogens is 1. The average molecular weight is 270 g/mol. The maximum atomic E-state index is 11.5. The van der Waals surface area contributed by atoms with Gasteiger partial charge in [-0.05, 0) is 0 Å². The van der Waals surface area contributed by atoms with Gasteiger partial charge >= 0.3 is 0 Å². The van der Waals surface area contributed by atoms with Crippen LogP contribution in [-0.2, 0) is 17.2 Å². The Morgan fingerprint density at radius 3 is 2.94 bits per heavy atom. The number of fused-ring (bicyclic) bond motifs is 1. The minimum atomic E-state index is -0.154. The lowest BCUT2D eigenvalue weighted by molar-refractivity contribution is -0.121. The van der Waals surface area contributed by atoms with Crippen LogP contribution in [0.2, 0.25) is 0 Å². The molecule has 0 aliphatic rings. The molecule has 96 valence electrons. The average Bonchev–Trinajstić information content (AvgIpc) is 2.76. The van der Waals surface area contributed by atoms with Crippen LogP contribution in [0.1, 0.15) is 5.82 Å². The quantitative estimate of drug-likeness (QED) is 0.809. The lowest BCUT2D eigenvalue weighted by Crippen LogP contribution is -2.24. The molecule has 1 amide bonds. The third-order valence-electron chi connectivity index (χ3n) is 2.47. The molecule has 2 aromatic rings. The van der Waals surface area contributed by atoms with Crippen molar-refractivity contribution in [3.8, 4) is 5.88 Å². The van der Waals surface area contributed by atoms with Gasteiger partial charge in [0.1, 0.15) is 18.7 Å². The van der Waals surface area contributed by atoms with E-state index < -0.39 is 0 Å². The van der Waals surface area contributed by atoms with Gasteiger partial charge in [-0.25, -0.2) is 9.97 Å². The highest BCUT2D eigenvalue weighted by atomic mass is 35.5. The van der Waals surface area contributed by atoms with E-state index >= 15 is 0 Å². The highest BCUT2D eigenvalue weighted by Crippen LogP contribution is 2.22. The lowest BCUT2D eigenvalue weighted by Gasteiger charge is -2.05. The first-order chi connectivity index (χ1) is 8.71. The topological polar surface area (TPSA) is 81.9 Å². The number of hydrogen-bond donors (Lipinski definition) is 1. The molecule has 18 heavy (non-hydrogen) atoms. The molecule has 0 aliphatic heterocycles. The third kappa shape index (κ3) is 2.08. The van der Waals surface area contributed by atoms with Gasteiger partial charge in [-0.2, -0.15) is 4.98 Å². The number of nitrogens with one attached hydrogen (secondary N) is 1. The Hall–Kier alpha value is -1.89. The summed E-state index contributed by atoms with van der Waals surface area (Å²) in [5, 5.41) is 2.54. The summed E-state index contributed by atoms with van der Waals surface area (Å²) >= 11 is 5.82. The summed E-state index contributed by atoms with van der Waals surface area (Å²) in [5.41, 5.74) is 1.03. The second-order valence-corrected chi connectivity index (χ2v) is 3.74. The Bertz CT molecular complexity index is 583. The van der Waals surface area contributed by atoms with Gasteiger partial charge in [0, 0.05) is 7.05 Å². The molecule has 2 heterocycles. The molecule has 0 aliphatic carbocycles. The molecule has 0 radical (unpaired) electrons. The van der Waals surface area contributed by atoms with Crippen molar-refractivity contribution in [2.24, 2.45) is 0 Å². The van der Waals surface area contributed by atoms with Gasteiger partial charge in [0.25, 0.3) is 0 Å². The standard InChI is InChI=1S/C10H12ClN5O2/c1-12-7(17)4-16-6(3-11)15-8-9(16)13-5-14-10(8)18-2/h5H,3-4H2,1-2H3,(H,12,17). The van der Waals surface area contributed by atoms with Gasteiger partial charge in [-0.3, -0.25) is 4.79 Å². The van der Waals surface area contributed by atoms with E-state index in [0.717, 1.165) is 0 Å². The second kappa shape index (κ2) is 5.18. The van der Waals surface area contributed by atoms with Gasteiger partial charge < -0.3 is 14.6 Å². The summed E-state index contributed by atoms with van der Waals surface area (Å²) in [4.78, 5) is 23.8. The van der Waals surface area contributed by atoms with Crippen molar-refractivity contribution in [1.82, 2.24) is 24.8 Å². The van der Waals surface area contributed by atoms with Crippen LogP contribution in [0.4, 0.5) is 0 Å². The molecule has 1 N–H and O–H groups in total. The molecular formula is C10H12ClN5O2. The van der Waals surface area contributed by atoms with E-state index in [1.54, 1.807) is 11.6 Å². The van der Waals surface area contributed by atoms with Crippen molar-refractivity contribution in [1.29, 1.82) is 0 Å². The molecule has 0 bridgehead atoms. The fraction of sp³-hybridized carbons (Fsp3) is 0.400. The molecule has 8 heteroatoms. The Balaban J connectivity index is 2.59. The highest BCUT2D eigenvalue weighted by Gasteiger charge is 2.17. The van der Waals surface area contributed by atoms with Crippen LogP contribution in [0.25, 0.3) is 11.2 Å². The second-order valence-electron chi connectivity index (χ2n) is 3.48. The number of methoxy groups -OCH3 is 1. The van der Waals surface area contributed by atoms with Crippen LogP contribution >= 0.6 is 11.6 Å². The van der Waals surface area contributed by atoms with Gasteiger partial charge in [0.15, 0.2) is 11.2 Å². The summed E-state index contributed by atoms with van der Waals surface area (Å²) in [6.07, 6.45) is 1.36. The number of hydrogen-bond acceptors (Lipinski definition) is 5. The van der Waals surface area contributed by atoms with Crippen LogP contribution in [0.5, 0.6) is 5.88 Å². The molecule has 0 unspecified atom stereocenters. The molecular weight excluding hydrogens is 258 g/mol. The fourth-order valence-electron chi connectivity index (χ4n) is 1.60. The minimum Gasteiger partial charge on any atom is -0.479 e. The number of aromatic nitrogens is 4. The van der Waals surface area contributed by atoms with Crippen LogP contribution in [0.15, 0.2) is 6.33 Å². The molecule has 2 aromatic heterocycles. The van der Waals surface area contributed by atoms with Crippen LogP contribution in [-0.4, -0.2) is 39.6 Å². The molecule has 0 spiro atoms. The molecule has 0 aromatic carbocycles. The predicted octanol–water partition coefficient (Wildman–Crippen LogP) is 0.320. The normalized spacial score (nSPS) is 10.6. The van der Waals surface area contributed by atoms with E-state index in [2.05, 4.69) is 20.3 Å². The lowest BCUT2D eigenvalue weighted by atomic mass is 10.5. The maximum absolute atomic E-state index is 11.5.